The Morgan fingerprint density at radius 2 is 2.00 bits per heavy atom. The zero-order valence-corrected chi connectivity index (χ0v) is 11.9. The summed E-state index contributed by atoms with van der Waals surface area (Å²) in [6.07, 6.45) is -4.64. The number of nitrogens with one attached hydrogen (secondary N) is 1. The van der Waals surface area contributed by atoms with Gasteiger partial charge in [0.1, 0.15) is 6.04 Å². The van der Waals surface area contributed by atoms with E-state index in [-0.39, 0.29) is 10.9 Å². The van der Waals surface area contributed by atoms with Crippen LogP contribution in [0.3, 0.4) is 0 Å². The van der Waals surface area contributed by atoms with Gasteiger partial charge in [0.25, 0.3) is 5.91 Å². The van der Waals surface area contributed by atoms with E-state index in [1.54, 1.807) is 0 Å². The largest absolute Gasteiger partial charge is 0.480 e. The van der Waals surface area contributed by atoms with Crippen LogP contribution in [0.1, 0.15) is 29.3 Å². The summed E-state index contributed by atoms with van der Waals surface area (Å²) in [7, 11) is 0. The van der Waals surface area contributed by atoms with Crippen LogP contribution in [-0.2, 0) is 11.0 Å². The molecule has 0 unspecified atom stereocenters. The van der Waals surface area contributed by atoms with E-state index in [0.29, 0.717) is 0 Å². The number of hydrogen-bond acceptors (Lipinski definition) is 2. The molecule has 0 fully saturated rings. The quantitative estimate of drug-likeness (QED) is 0.874. The predicted octanol–water partition coefficient (Wildman–Crippen LogP) is 3.06. The van der Waals surface area contributed by atoms with Gasteiger partial charge >= 0.3 is 12.1 Å². The molecule has 0 aliphatic carbocycles. The SMILES string of the molecule is CC[C@H](NC(=O)c1ccc(Br)cc1C(F)(F)F)C(=O)O. The van der Waals surface area contributed by atoms with Crippen molar-refractivity contribution in [3.63, 3.8) is 0 Å². The molecule has 0 bridgehead atoms. The van der Waals surface area contributed by atoms with Crippen molar-refractivity contribution >= 4 is 27.8 Å². The lowest BCUT2D eigenvalue weighted by Gasteiger charge is -2.16. The standard InChI is InChI=1S/C12H11BrF3NO3/c1-2-9(11(19)20)17-10(18)7-4-3-6(13)5-8(7)12(14,15)16/h3-5,9H,2H2,1H3,(H,17,18)(H,19,20)/t9-/m0/s1. The predicted molar refractivity (Wildman–Crippen MR) is 68.3 cm³/mol. The second-order valence-corrected chi connectivity index (χ2v) is 4.88. The summed E-state index contributed by atoms with van der Waals surface area (Å²) in [5, 5.41) is 10.9. The summed E-state index contributed by atoms with van der Waals surface area (Å²) in [6, 6.07) is 1.83. The Balaban J connectivity index is 3.13. The molecule has 0 saturated heterocycles. The number of aliphatic carboxylic acids is 1. The van der Waals surface area contributed by atoms with E-state index in [1.807, 2.05) is 0 Å². The number of carboxylic acid groups (broad SMARTS) is 1. The third kappa shape index (κ3) is 3.96. The van der Waals surface area contributed by atoms with Gasteiger partial charge in [-0.25, -0.2) is 4.79 Å². The molecule has 0 aromatic heterocycles. The van der Waals surface area contributed by atoms with Gasteiger partial charge in [-0.15, -0.1) is 0 Å². The van der Waals surface area contributed by atoms with Gasteiger partial charge < -0.3 is 10.4 Å². The minimum atomic E-state index is -4.71. The van der Waals surface area contributed by atoms with Crippen LogP contribution in [0.5, 0.6) is 0 Å². The highest BCUT2D eigenvalue weighted by atomic mass is 79.9. The molecule has 20 heavy (non-hydrogen) atoms. The first-order chi connectivity index (χ1) is 9.16. The van der Waals surface area contributed by atoms with Gasteiger partial charge in [-0.2, -0.15) is 13.2 Å². The number of hydrogen-bond donors (Lipinski definition) is 2. The van der Waals surface area contributed by atoms with Gasteiger partial charge in [-0.3, -0.25) is 4.79 Å². The van der Waals surface area contributed by atoms with Gasteiger partial charge in [-0.1, -0.05) is 22.9 Å². The van der Waals surface area contributed by atoms with Crippen molar-refractivity contribution in [1.29, 1.82) is 0 Å². The Morgan fingerprint density at radius 3 is 2.45 bits per heavy atom. The van der Waals surface area contributed by atoms with Crippen molar-refractivity contribution in [2.24, 2.45) is 0 Å². The Labute approximate surface area is 121 Å². The summed E-state index contributed by atoms with van der Waals surface area (Å²) < 4.78 is 38.7. The molecular weight excluding hydrogens is 343 g/mol. The van der Waals surface area contributed by atoms with Crippen LogP contribution in [0.15, 0.2) is 22.7 Å². The minimum absolute atomic E-state index is 0.0684. The van der Waals surface area contributed by atoms with Crippen LogP contribution in [-0.4, -0.2) is 23.0 Å². The zero-order valence-electron chi connectivity index (χ0n) is 10.3. The Hall–Kier alpha value is -1.57. The molecule has 0 aliphatic rings. The van der Waals surface area contributed by atoms with Crippen molar-refractivity contribution < 1.29 is 27.9 Å². The van der Waals surface area contributed by atoms with Crippen LogP contribution in [0.2, 0.25) is 0 Å². The molecular formula is C12H11BrF3NO3. The molecule has 0 saturated carbocycles. The van der Waals surface area contributed by atoms with Crippen LogP contribution in [0, 0.1) is 0 Å². The number of alkyl halides is 3. The van der Waals surface area contributed by atoms with Gasteiger partial charge in [0.2, 0.25) is 0 Å². The van der Waals surface area contributed by atoms with Gasteiger partial charge in [0, 0.05) is 4.47 Å². The summed E-state index contributed by atoms with van der Waals surface area (Å²) >= 11 is 2.90. The molecule has 0 aliphatic heterocycles. The maximum Gasteiger partial charge on any atom is 0.417 e. The van der Waals surface area contributed by atoms with E-state index in [9.17, 15) is 22.8 Å². The van der Waals surface area contributed by atoms with Gasteiger partial charge in [0.05, 0.1) is 11.1 Å². The van der Waals surface area contributed by atoms with E-state index in [0.717, 1.165) is 12.1 Å². The third-order valence-corrected chi connectivity index (χ3v) is 3.04. The van der Waals surface area contributed by atoms with Gasteiger partial charge in [0.15, 0.2) is 0 Å². The average molecular weight is 354 g/mol. The monoisotopic (exact) mass is 353 g/mol. The van der Waals surface area contributed by atoms with Crippen LogP contribution in [0.25, 0.3) is 0 Å². The zero-order chi connectivity index (χ0) is 15.5. The first-order valence-electron chi connectivity index (χ1n) is 5.57. The second-order valence-electron chi connectivity index (χ2n) is 3.96. The normalized spacial score (nSPS) is 12.8. The molecule has 4 nitrogen and oxygen atoms in total. The van der Waals surface area contributed by atoms with Gasteiger partial charge in [-0.05, 0) is 24.6 Å². The van der Waals surface area contributed by atoms with Crippen LogP contribution >= 0.6 is 15.9 Å². The van der Waals surface area contributed by atoms with Crippen molar-refractivity contribution in [2.45, 2.75) is 25.6 Å². The number of amides is 1. The Bertz CT molecular complexity index is 531. The van der Waals surface area contributed by atoms with E-state index in [2.05, 4.69) is 21.2 Å². The number of rotatable bonds is 4. The fraction of sp³-hybridized carbons (Fsp3) is 0.333. The van der Waals surface area contributed by atoms with E-state index in [4.69, 9.17) is 5.11 Å². The number of carboxylic acids is 1. The molecule has 1 atom stereocenters. The maximum absolute atomic E-state index is 12.8. The molecule has 1 rings (SSSR count). The number of carbonyl (C=O) groups is 2. The molecule has 1 aromatic carbocycles. The fourth-order valence-corrected chi connectivity index (χ4v) is 1.88. The lowest BCUT2D eigenvalue weighted by atomic mass is 10.1. The second kappa shape index (κ2) is 6.25. The van der Waals surface area contributed by atoms with Crippen LogP contribution < -0.4 is 5.32 Å². The smallest absolute Gasteiger partial charge is 0.417 e. The van der Waals surface area contributed by atoms with Crippen molar-refractivity contribution in [3.05, 3.63) is 33.8 Å². The molecule has 1 amide bonds. The molecule has 0 spiro atoms. The first kappa shape index (κ1) is 16.5. The molecule has 1 aromatic rings. The number of halogens is 4. The van der Waals surface area contributed by atoms with Crippen molar-refractivity contribution in [1.82, 2.24) is 5.32 Å². The summed E-state index contributed by atoms with van der Waals surface area (Å²) in [6.45, 7) is 1.51. The Kier molecular flexibility index (Phi) is 5.15. The summed E-state index contributed by atoms with van der Waals surface area (Å²) in [5.41, 5.74) is -1.73. The maximum atomic E-state index is 12.8. The van der Waals surface area contributed by atoms with E-state index < -0.39 is 35.2 Å². The van der Waals surface area contributed by atoms with Crippen LogP contribution in [0.4, 0.5) is 13.2 Å². The molecule has 0 heterocycles. The molecule has 110 valence electrons. The average Bonchev–Trinajstić information content (AvgIpc) is 2.34. The first-order valence-corrected chi connectivity index (χ1v) is 6.36. The van der Waals surface area contributed by atoms with Crippen molar-refractivity contribution in [2.75, 3.05) is 0 Å². The van der Waals surface area contributed by atoms with Crippen molar-refractivity contribution in [3.8, 4) is 0 Å². The van der Waals surface area contributed by atoms with E-state index in [1.165, 1.54) is 13.0 Å². The Morgan fingerprint density at radius 1 is 1.40 bits per heavy atom. The summed E-state index contributed by atoms with van der Waals surface area (Å²) in [4.78, 5) is 22.6. The highest BCUT2D eigenvalue weighted by Crippen LogP contribution is 2.33. The molecule has 2 N–H and O–H groups in total. The minimum Gasteiger partial charge on any atom is -0.480 e. The molecule has 8 heteroatoms. The fourth-order valence-electron chi connectivity index (χ4n) is 1.52. The van der Waals surface area contributed by atoms with E-state index >= 15 is 0 Å². The lowest BCUT2D eigenvalue weighted by Crippen LogP contribution is -2.40. The third-order valence-electron chi connectivity index (χ3n) is 2.54. The number of carbonyl (C=O) groups excluding carboxylic acids is 1. The number of benzene rings is 1. The lowest BCUT2D eigenvalue weighted by molar-refractivity contribution is -0.139. The highest BCUT2D eigenvalue weighted by molar-refractivity contribution is 9.10. The molecule has 0 radical (unpaired) electrons. The topological polar surface area (TPSA) is 66.4 Å². The highest BCUT2D eigenvalue weighted by Gasteiger charge is 2.36. The summed E-state index contributed by atoms with van der Waals surface area (Å²) in [5.74, 6) is -2.37.